The first-order valence-electron chi connectivity index (χ1n) is 7.61. The Morgan fingerprint density at radius 2 is 2.29 bits per heavy atom. The Hall–Kier alpha value is -1.40. The van der Waals surface area contributed by atoms with Gasteiger partial charge in [-0.2, -0.15) is 5.10 Å². The van der Waals surface area contributed by atoms with Crippen LogP contribution in [-0.2, 0) is 16.1 Å². The average molecular weight is 294 g/mol. The van der Waals surface area contributed by atoms with Gasteiger partial charge in [-0.3, -0.25) is 14.8 Å². The van der Waals surface area contributed by atoms with Gasteiger partial charge in [0.2, 0.25) is 5.91 Å². The summed E-state index contributed by atoms with van der Waals surface area (Å²) in [5.41, 5.74) is 2.16. The summed E-state index contributed by atoms with van der Waals surface area (Å²) in [5, 5.41) is 10.2. The van der Waals surface area contributed by atoms with Crippen molar-refractivity contribution in [2.24, 2.45) is 5.92 Å². The Bertz CT molecular complexity index is 452. The van der Waals surface area contributed by atoms with Gasteiger partial charge in [0.05, 0.1) is 12.3 Å². The predicted octanol–water partition coefficient (Wildman–Crippen LogP) is 1.08. The van der Waals surface area contributed by atoms with Crippen molar-refractivity contribution < 1.29 is 9.53 Å². The molecule has 0 unspecified atom stereocenters. The third-order valence-electron chi connectivity index (χ3n) is 3.91. The van der Waals surface area contributed by atoms with Gasteiger partial charge in [-0.05, 0) is 45.8 Å². The molecular formula is C15H26N4O2. The number of carbonyl (C=O) groups is 1. The standard InChI is InChI=1S/C15H26N4O2/c1-11-8-14(18-17-11)9-19-6-4-13(5-7-19)15(20)16-12(2)10-21-3/h8,12-13H,4-7,9-10H2,1-3H3,(H,16,20)(H,17,18)/t12-/m1/s1. The fraction of sp³-hybridized carbons (Fsp3) is 0.733. The summed E-state index contributed by atoms with van der Waals surface area (Å²) in [6.45, 7) is 7.29. The number of aromatic amines is 1. The van der Waals surface area contributed by atoms with E-state index < -0.39 is 0 Å². The van der Waals surface area contributed by atoms with Gasteiger partial charge in [-0.15, -0.1) is 0 Å². The monoisotopic (exact) mass is 294 g/mol. The van der Waals surface area contributed by atoms with Gasteiger partial charge in [0, 0.05) is 31.3 Å². The van der Waals surface area contributed by atoms with E-state index in [-0.39, 0.29) is 17.9 Å². The molecule has 0 bridgehead atoms. The van der Waals surface area contributed by atoms with E-state index >= 15 is 0 Å². The summed E-state index contributed by atoms with van der Waals surface area (Å²) in [5.74, 6) is 0.288. The van der Waals surface area contributed by atoms with Crippen molar-refractivity contribution in [1.29, 1.82) is 0 Å². The maximum atomic E-state index is 12.1. The second kappa shape index (κ2) is 7.56. The number of H-pyrrole nitrogens is 1. The van der Waals surface area contributed by atoms with E-state index in [0.29, 0.717) is 6.61 Å². The molecule has 2 N–H and O–H groups in total. The van der Waals surface area contributed by atoms with Crippen molar-refractivity contribution in [3.05, 3.63) is 17.5 Å². The van der Waals surface area contributed by atoms with Crippen LogP contribution in [0.2, 0.25) is 0 Å². The van der Waals surface area contributed by atoms with E-state index in [2.05, 4.69) is 26.5 Å². The van der Waals surface area contributed by atoms with Crippen LogP contribution in [0.4, 0.5) is 0 Å². The Morgan fingerprint density at radius 1 is 1.57 bits per heavy atom. The number of aryl methyl sites for hydroxylation is 1. The van der Waals surface area contributed by atoms with Crippen molar-refractivity contribution in [3.63, 3.8) is 0 Å². The maximum absolute atomic E-state index is 12.1. The highest BCUT2D eigenvalue weighted by Gasteiger charge is 2.25. The first kappa shape index (κ1) is 16.0. The molecule has 0 aliphatic carbocycles. The Morgan fingerprint density at radius 3 is 2.86 bits per heavy atom. The minimum atomic E-state index is 0.0764. The van der Waals surface area contributed by atoms with Crippen LogP contribution in [0.3, 0.4) is 0 Å². The average Bonchev–Trinajstić information content (AvgIpc) is 2.85. The molecule has 1 amide bonds. The van der Waals surface area contributed by atoms with E-state index in [1.807, 2.05) is 13.8 Å². The quantitative estimate of drug-likeness (QED) is 0.824. The number of nitrogens with zero attached hydrogens (tertiary/aromatic N) is 2. The summed E-state index contributed by atoms with van der Waals surface area (Å²) in [6.07, 6.45) is 1.82. The van der Waals surface area contributed by atoms with Crippen molar-refractivity contribution in [1.82, 2.24) is 20.4 Å². The fourth-order valence-corrected chi connectivity index (χ4v) is 2.79. The molecule has 0 aromatic carbocycles. The van der Waals surface area contributed by atoms with Gasteiger partial charge in [0.25, 0.3) is 0 Å². The SMILES string of the molecule is COC[C@@H](C)NC(=O)C1CCN(Cc2cc(C)[nH]n2)CC1. The first-order valence-corrected chi connectivity index (χ1v) is 7.61. The second-order valence-electron chi connectivity index (χ2n) is 5.96. The number of methoxy groups -OCH3 is 1. The number of carbonyl (C=O) groups excluding carboxylic acids is 1. The first-order chi connectivity index (χ1) is 10.1. The summed E-state index contributed by atoms with van der Waals surface area (Å²) in [6, 6.07) is 2.15. The largest absolute Gasteiger partial charge is 0.383 e. The molecule has 1 aromatic heterocycles. The normalized spacial score (nSPS) is 18.6. The summed E-state index contributed by atoms with van der Waals surface area (Å²) in [4.78, 5) is 14.5. The van der Waals surface area contributed by atoms with E-state index in [1.165, 1.54) is 0 Å². The third-order valence-corrected chi connectivity index (χ3v) is 3.91. The number of nitrogens with one attached hydrogen (secondary N) is 2. The predicted molar refractivity (Wildman–Crippen MR) is 80.8 cm³/mol. The van der Waals surface area contributed by atoms with Crippen LogP contribution >= 0.6 is 0 Å². The van der Waals surface area contributed by atoms with Gasteiger partial charge in [0.15, 0.2) is 0 Å². The number of amides is 1. The number of hydrogen-bond acceptors (Lipinski definition) is 4. The van der Waals surface area contributed by atoms with Gasteiger partial charge >= 0.3 is 0 Å². The minimum Gasteiger partial charge on any atom is -0.383 e. The van der Waals surface area contributed by atoms with Crippen molar-refractivity contribution in [2.75, 3.05) is 26.8 Å². The summed E-state index contributed by atoms with van der Waals surface area (Å²) >= 11 is 0. The van der Waals surface area contributed by atoms with E-state index in [9.17, 15) is 4.79 Å². The number of piperidine rings is 1. The second-order valence-corrected chi connectivity index (χ2v) is 5.96. The molecule has 1 saturated heterocycles. The lowest BCUT2D eigenvalue weighted by Crippen LogP contribution is -2.44. The zero-order chi connectivity index (χ0) is 15.2. The minimum absolute atomic E-state index is 0.0764. The zero-order valence-corrected chi connectivity index (χ0v) is 13.2. The molecule has 1 fully saturated rings. The smallest absolute Gasteiger partial charge is 0.223 e. The topological polar surface area (TPSA) is 70.2 Å². The van der Waals surface area contributed by atoms with Crippen LogP contribution in [-0.4, -0.2) is 53.9 Å². The van der Waals surface area contributed by atoms with Crippen molar-refractivity contribution in [2.45, 2.75) is 39.3 Å². The lowest BCUT2D eigenvalue weighted by molar-refractivity contribution is -0.127. The van der Waals surface area contributed by atoms with Crippen LogP contribution in [0.25, 0.3) is 0 Å². The van der Waals surface area contributed by atoms with E-state index in [4.69, 9.17) is 4.74 Å². The molecule has 0 radical (unpaired) electrons. The highest BCUT2D eigenvalue weighted by atomic mass is 16.5. The molecular weight excluding hydrogens is 268 g/mol. The number of likely N-dealkylation sites (tertiary alicyclic amines) is 1. The highest BCUT2D eigenvalue weighted by molar-refractivity contribution is 5.79. The summed E-state index contributed by atoms with van der Waals surface area (Å²) in [7, 11) is 1.65. The van der Waals surface area contributed by atoms with Crippen LogP contribution in [0, 0.1) is 12.8 Å². The number of hydrogen-bond donors (Lipinski definition) is 2. The molecule has 1 aromatic rings. The number of aromatic nitrogens is 2. The van der Waals surface area contributed by atoms with Gasteiger partial charge in [0.1, 0.15) is 0 Å². The molecule has 2 rings (SSSR count). The van der Waals surface area contributed by atoms with Crippen LogP contribution in [0.15, 0.2) is 6.07 Å². The number of ether oxygens (including phenoxy) is 1. The maximum Gasteiger partial charge on any atom is 0.223 e. The van der Waals surface area contributed by atoms with Gasteiger partial charge in [-0.25, -0.2) is 0 Å². The van der Waals surface area contributed by atoms with Gasteiger partial charge in [-0.1, -0.05) is 0 Å². The molecule has 0 spiro atoms. The third kappa shape index (κ3) is 4.82. The molecule has 0 saturated carbocycles. The molecule has 21 heavy (non-hydrogen) atoms. The van der Waals surface area contributed by atoms with Crippen LogP contribution in [0.5, 0.6) is 0 Å². The van der Waals surface area contributed by atoms with E-state index in [0.717, 1.165) is 43.9 Å². The molecule has 118 valence electrons. The van der Waals surface area contributed by atoms with Crippen LogP contribution in [0.1, 0.15) is 31.2 Å². The molecule has 1 aliphatic heterocycles. The summed E-state index contributed by atoms with van der Waals surface area (Å²) < 4.78 is 5.04. The number of rotatable bonds is 6. The van der Waals surface area contributed by atoms with Gasteiger partial charge < -0.3 is 10.1 Å². The lowest BCUT2D eigenvalue weighted by atomic mass is 9.95. The lowest BCUT2D eigenvalue weighted by Gasteiger charge is -2.31. The molecule has 1 atom stereocenters. The zero-order valence-electron chi connectivity index (χ0n) is 13.2. The van der Waals surface area contributed by atoms with E-state index in [1.54, 1.807) is 7.11 Å². The van der Waals surface area contributed by atoms with Crippen LogP contribution < -0.4 is 5.32 Å². The Balaban J connectivity index is 1.73. The molecule has 6 heteroatoms. The fourth-order valence-electron chi connectivity index (χ4n) is 2.79. The Kier molecular flexibility index (Phi) is 5.76. The molecule has 6 nitrogen and oxygen atoms in total. The van der Waals surface area contributed by atoms with Crippen molar-refractivity contribution >= 4 is 5.91 Å². The Labute approximate surface area is 126 Å². The highest BCUT2D eigenvalue weighted by Crippen LogP contribution is 2.19. The molecule has 1 aliphatic rings. The van der Waals surface area contributed by atoms with Crippen molar-refractivity contribution in [3.8, 4) is 0 Å². The molecule has 2 heterocycles.